The molecule has 1 aromatic carbocycles. The summed E-state index contributed by atoms with van der Waals surface area (Å²) in [5, 5.41) is 2.28. The van der Waals surface area contributed by atoms with Gasteiger partial charge in [-0.25, -0.2) is 0 Å². The van der Waals surface area contributed by atoms with E-state index >= 15 is 0 Å². The third kappa shape index (κ3) is 1.94. The minimum absolute atomic E-state index is 0.202. The SMILES string of the molecule is O=C1CCC(N2Cc3cccc(NS)c3C2=O)C(=O)N1. The summed E-state index contributed by atoms with van der Waals surface area (Å²) in [4.78, 5) is 37.1. The highest BCUT2D eigenvalue weighted by atomic mass is 32.1. The van der Waals surface area contributed by atoms with Gasteiger partial charge in [0.1, 0.15) is 6.04 Å². The molecule has 2 aliphatic rings. The number of carbonyl (C=O) groups is 3. The molecule has 0 saturated carbocycles. The molecule has 6 nitrogen and oxygen atoms in total. The normalized spacial score (nSPS) is 21.8. The minimum atomic E-state index is -0.583. The number of rotatable bonds is 2. The molecule has 1 unspecified atom stereocenters. The fourth-order valence-electron chi connectivity index (χ4n) is 2.71. The number of imide groups is 1. The first-order valence-corrected chi connectivity index (χ1v) is 6.73. The Labute approximate surface area is 121 Å². The number of nitrogens with zero attached hydrogens (tertiary/aromatic N) is 1. The molecule has 20 heavy (non-hydrogen) atoms. The molecule has 1 fully saturated rings. The van der Waals surface area contributed by atoms with Crippen molar-refractivity contribution in [3.05, 3.63) is 29.3 Å². The van der Waals surface area contributed by atoms with Crippen LogP contribution in [-0.2, 0) is 16.1 Å². The average Bonchev–Trinajstić information content (AvgIpc) is 2.76. The number of anilines is 1. The maximum atomic E-state index is 12.5. The molecule has 1 aromatic rings. The van der Waals surface area contributed by atoms with Gasteiger partial charge in [-0.2, -0.15) is 0 Å². The molecule has 3 amide bonds. The maximum absolute atomic E-state index is 12.5. The number of fused-ring (bicyclic) bond motifs is 1. The molecule has 2 heterocycles. The van der Waals surface area contributed by atoms with Crippen LogP contribution in [0.2, 0.25) is 0 Å². The van der Waals surface area contributed by atoms with Crippen LogP contribution in [0.25, 0.3) is 0 Å². The Hall–Kier alpha value is -2.02. The van der Waals surface area contributed by atoms with E-state index < -0.39 is 11.9 Å². The van der Waals surface area contributed by atoms with E-state index in [2.05, 4.69) is 22.9 Å². The molecule has 2 N–H and O–H groups in total. The van der Waals surface area contributed by atoms with Gasteiger partial charge >= 0.3 is 0 Å². The number of hydrogen-bond acceptors (Lipinski definition) is 5. The lowest BCUT2D eigenvalue weighted by Crippen LogP contribution is -2.52. The van der Waals surface area contributed by atoms with Gasteiger partial charge in [0.15, 0.2) is 0 Å². The van der Waals surface area contributed by atoms with E-state index in [1.165, 1.54) is 4.90 Å². The Morgan fingerprint density at radius 2 is 2.10 bits per heavy atom. The lowest BCUT2D eigenvalue weighted by molar-refractivity contribution is -0.136. The number of thiol groups is 1. The van der Waals surface area contributed by atoms with Crippen molar-refractivity contribution in [1.29, 1.82) is 0 Å². The zero-order valence-corrected chi connectivity index (χ0v) is 11.4. The van der Waals surface area contributed by atoms with Crippen molar-refractivity contribution in [1.82, 2.24) is 10.2 Å². The molecule has 1 saturated heterocycles. The summed E-state index contributed by atoms with van der Waals surface area (Å²) in [5.41, 5.74) is 2.04. The summed E-state index contributed by atoms with van der Waals surface area (Å²) in [7, 11) is 0. The first-order valence-electron chi connectivity index (χ1n) is 6.28. The molecule has 104 valence electrons. The Balaban J connectivity index is 1.90. The van der Waals surface area contributed by atoms with Crippen molar-refractivity contribution in [3.63, 3.8) is 0 Å². The fraction of sp³-hybridized carbons (Fsp3) is 0.308. The Bertz CT molecular complexity index is 617. The van der Waals surface area contributed by atoms with Gasteiger partial charge in [-0.05, 0) is 18.1 Å². The van der Waals surface area contributed by atoms with Crippen molar-refractivity contribution in [3.8, 4) is 0 Å². The van der Waals surface area contributed by atoms with Gasteiger partial charge in [-0.1, -0.05) is 24.9 Å². The second-order valence-electron chi connectivity index (χ2n) is 4.85. The lowest BCUT2D eigenvalue weighted by atomic mass is 10.0. The van der Waals surface area contributed by atoms with E-state index in [1.807, 2.05) is 12.1 Å². The predicted molar refractivity (Wildman–Crippen MR) is 75.1 cm³/mol. The van der Waals surface area contributed by atoms with E-state index in [0.29, 0.717) is 24.2 Å². The maximum Gasteiger partial charge on any atom is 0.257 e. The highest BCUT2D eigenvalue weighted by Crippen LogP contribution is 2.32. The number of piperidine rings is 1. The van der Waals surface area contributed by atoms with Gasteiger partial charge in [0.25, 0.3) is 5.91 Å². The van der Waals surface area contributed by atoms with Crippen LogP contribution in [0.3, 0.4) is 0 Å². The fourth-order valence-corrected chi connectivity index (χ4v) is 2.89. The van der Waals surface area contributed by atoms with Gasteiger partial charge in [0, 0.05) is 13.0 Å². The summed E-state index contributed by atoms with van der Waals surface area (Å²) >= 11 is 3.99. The second-order valence-corrected chi connectivity index (χ2v) is 5.08. The molecule has 7 heteroatoms. The van der Waals surface area contributed by atoms with E-state index in [0.717, 1.165) is 5.56 Å². The zero-order chi connectivity index (χ0) is 14.3. The van der Waals surface area contributed by atoms with Gasteiger partial charge < -0.3 is 9.62 Å². The van der Waals surface area contributed by atoms with Gasteiger partial charge in [0.2, 0.25) is 11.8 Å². The van der Waals surface area contributed by atoms with Crippen LogP contribution < -0.4 is 10.0 Å². The summed E-state index contributed by atoms with van der Waals surface area (Å²) in [6.07, 6.45) is 0.627. The minimum Gasteiger partial charge on any atom is -0.332 e. The van der Waals surface area contributed by atoms with Crippen LogP contribution in [0.15, 0.2) is 18.2 Å². The molecule has 0 aromatic heterocycles. The average molecular weight is 291 g/mol. The Kier molecular flexibility index (Phi) is 3.13. The predicted octanol–water partition coefficient (Wildman–Crippen LogP) is 0.704. The molecule has 3 rings (SSSR count). The molecule has 0 bridgehead atoms. The van der Waals surface area contributed by atoms with E-state index in [4.69, 9.17) is 0 Å². The summed E-state index contributed by atoms with van der Waals surface area (Å²) in [6.45, 7) is 0.379. The van der Waals surface area contributed by atoms with Crippen molar-refractivity contribution in [2.75, 3.05) is 4.72 Å². The van der Waals surface area contributed by atoms with Crippen LogP contribution in [0.1, 0.15) is 28.8 Å². The zero-order valence-electron chi connectivity index (χ0n) is 10.5. The van der Waals surface area contributed by atoms with E-state index in [-0.39, 0.29) is 18.2 Å². The molecular formula is C13H13N3O3S. The Morgan fingerprint density at radius 1 is 1.30 bits per heavy atom. The van der Waals surface area contributed by atoms with Crippen molar-refractivity contribution in [2.45, 2.75) is 25.4 Å². The smallest absolute Gasteiger partial charge is 0.257 e. The number of hydrogen-bond donors (Lipinski definition) is 3. The van der Waals surface area contributed by atoms with Crippen LogP contribution in [0, 0.1) is 0 Å². The molecular weight excluding hydrogens is 278 g/mol. The molecule has 0 radical (unpaired) electrons. The van der Waals surface area contributed by atoms with Crippen LogP contribution in [0.4, 0.5) is 5.69 Å². The standard InChI is InChI=1S/C13H13N3O3S/c17-10-5-4-9(12(18)14-10)16-6-7-2-1-3-8(15-20)11(7)13(16)19/h1-3,9,15,20H,4-6H2,(H,14,17,18). The van der Waals surface area contributed by atoms with E-state index in [9.17, 15) is 14.4 Å². The lowest BCUT2D eigenvalue weighted by Gasteiger charge is -2.29. The van der Waals surface area contributed by atoms with Crippen LogP contribution in [-0.4, -0.2) is 28.7 Å². The largest absolute Gasteiger partial charge is 0.332 e. The second kappa shape index (κ2) is 4.82. The van der Waals surface area contributed by atoms with Crippen molar-refractivity contribution < 1.29 is 14.4 Å². The van der Waals surface area contributed by atoms with E-state index in [1.54, 1.807) is 6.07 Å². The quantitative estimate of drug-likeness (QED) is 0.554. The van der Waals surface area contributed by atoms with Gasteiger partial charge in [0.05, 0.1) is 11.3 Å². The highest BCUT2D eigenvalue weighted by Gasteiger charge is 2.39. The molecule has 0 aliphatic carbocycles. The van der Waals surface area contributed by atoms with Crippen molar-refractivity contribution >= 4 is 36.2 Å². The van der Waals surface area contributed by atoms with Crippen LogP contribution in [0.5, 0.6) is 0 Å². The van der Waals surface area contributed by atoms with Gasteiger partial charge in [-0.3, -0.25) is 19.7 Å². The summed E-state index contributed by atoms with van der Waals surface area (Å²) < 4.78 is 2.69. The first-order chi connectivity index (χ1) is 9.61. The van der Waals surface area contributed by atoms with Gasteiger partial charge in [-0.15, -0.1) is 0 Å². The molecule has 0 spiro atoms. The number of carbonyl (C=O) groups excluding carboxylic acids is 3. The third-order valence-corrected chi connectivity index (χ3v) is 3.91. The third-order valence-electron chi connectivity index (χ3n) is 3.67. The van der Waals surface area contributed by atoms with Crippen molar-refractivity contribution in [2.24, 2.45) is 0 Å². The first kappa shape index (κ1) is 13.0. The number of benzene rings is 1. The topological polar surface area (TPSA) is 78.5 Å². The molecule has 1 atom stereocenters. The summed E-state index contributed by atoms with van der Waals surface area (Å²) in [5.74, 6) is -0.887. The monoisotopic (exact) mass is 291 g/mol. The summed E-state index contributed by atoms with van der Waals surface area (Å²) in [6, 6.07) is 4.87. The number of amides is 3. The number of nitrogens with one attached hydrogen (secondary N) is 2. The Morgan fingerprint density at radius 3 is 2.80 bits per heavy atom. The highest BCUT2D eigenvalue weighted by molar-refractivity contribution is 7.81. The van der Waals surface area contributed by atoms with Crippen LogP contribution >= 0.6 is 12.8 Å². The molecule has 2 aliphatic heterocycles.